The Labute approximate surface area is 119 Å². The van der Waals surface area contributed by atoms with Gasteiger partial charge in [-0.3, -0.25) is 0 Å². The molecule has 1 aromatic heterocycles. The fourth-order valence-corrected chi connectivity index (χ4v) is 2.05. The molecule has 0 aliphatic heterocycles. The fraction of sp³-hybridized carbons (Fsp3) is 0.231. The summed E-state index contributed by atoms with van der Waals surface area (Å²) in [6.07, 6.45) is 0.552. The maximum absolute atomic E-state index is 9.21. The number of halogens is 1. The molecular weight excluding hydrogens is 308 g/mol. The van der Waals surface area contributed by atoms with Crippen LogP contribution in [-0.4, -0.2) is 21.5 Å². The number of anilines is 1. The van der Waals surface area contributed by atoms with E-state index in [0.717, 1.165) is 10.0 Å². The molecule has 0 spiro atoms. The van der Waals surface area contributed by atoms with Crippen LogP contribution in [0.15, 0.2) is 28.7 Å². The number of hydrogen-bond donors (Lipinski definition) is 2. The predicted octanol–water partition coefficient (Wildman–Crippen LogP) is 2.15. The molecule has 1 heterocycles. The van der Waals surface area contributed by atoms with Crippen molar-refractivity contribution in [2.75, 3.05) is 12.3 Å². The lowest BCUT2D eigenvalue weighted by Gasteiger charge is -2.01. The SMILES string of the molecule is N#Cc1c(-c2ccc(Br)cc2)nn(CCCO)c1N. The Bertz CT molecular complexity index is 613. The molecule has 5 nitrogen and oxygen atoms in total. The Morgan fingerprint density at radius 1 is 1.37 bits per heavy atom. The molecule has 0 atom stereocenters. The lowest BCUT2D eigenvalue weighted by molar-refractivity contribution is 0.277. The van der Waals surface area contributed by atoms with Crippen molar-refractivity contribution in [2.24, 2.45) is 0 Å². The molecule has 19 heavy (non-hydrogen) atoms. The van der Waals surface area contributed by atoms with Crippen molar-refractivity contribution in [3.05, 3.63) is 34.3 Å². The van der Waals surface area contributed by atoms with E-state index in [1.54, 1.807) is 4.68 Å². The zero-order valence-electron chi connectivity index (χ0n) is 10.2. The molecule has 0 saturated carbocycles. The maximum Gasteiger partial charge on any atom is 0.140 e. The average Bonchev–Trinajstić information content (AvgIpc) is 2.73. The molecule has 0 radical (unpaired) electrons. The number of aliphatic hydroxyl groups is 1. The Balaban J connectivity index is 2.45. The summed E-state index contributed by atoms with van der Waals surface area (Å²) >= 11 is 3.36. The Morgan fingerprint density at radius 2 is 2.05 bits per heavy atom. The van der Waals surface area contributed by atoms with Crippen LogP contribution in [0.5, 0.6) is 0 Å². The molecule has 0 fully saturated rings. The van der Waals surface area contributed by atoms with Gasteiger partial charge in [-0.1, -0.05) is 28.1 Å². The van der Waals surface area contributed by atoms with Gasteiger partial charge in [0.2, 0.25) is 0 Å². The van der Waals surface area contributed by atoms with E-state index in [9.17, 15) is 5.26 Å². The third kappa shape index (κ3) is 2.78. The average molecular weight is 321 g/mol. The third-order valence-corrected chi connectivity index (χ3v) is 3.28. The smallest absolute Gasteiger partial charge is 0.140 e. The number of aromatic nitrogens is 2. The van der Waals surface area contributed by atoms with E-state index in [1.165, 1.54) is 0 Å². The summed E-state index contributed by atoms with van der Waals surface area (Å²) in [6.45, 7) is 0.558. The molecule has 6 heteroatoms. The van der Waals surface area contributed by atoms with Crippen LogP contribution in [0.2, 0.25) is 0 Å². The topological polar surface area (TPSA) is 87.9 Å². The molecule has 3 N–H and O–H groups in total. The van der Waals surface area contributed by atoms with Crippen molar-refractivity contribution >= 4 is 21.7 Å². The van der Waals surface area contributed by atoms with E-state index in [1.807, 2.05) is 24.3 Å². The molecule has 0 aliphatic carbocycles. The summed E-state index contributed by atoms with van der Waals surface area (Å²) in [6, 6.07) is 9.62. The molecule has 0 bridgehead atoms. The van der Waals surface area contributed by atoms with Gasteiger partial charge in [0.15, 0.2) is 0 Å². The second-order valence-corrected chi connectivity index (χ2v) is 4.94. The van der Waals surface area contributed by atoms with Gasteiger partial charge in [0.05, 0.1) is 0 Å². The lowest BCUT2D eigenvalue weighted by Crippen LogP contribution is -2.06. The van der Waals surface area contributed by atoms with E-state index >= 15 is 0 Å². The fourth-order valence-electron chi connectivity index (χ4n) is 1.79. The van der Waals surface area contributed by atoms with Crippen molar-refractivity contribution in [3.63, 3.8) is 0 Å². The highest BCUT2D eigenvalue weighted by Crippen LogP contribution is 2.27. The van der Waals surface area contributed by atoms with Gasteiger partial charge in [-0.2, -0.15) is 10.4 Å². The number of aryl methyl sites for hydroxylation is 1. The molecule has 2 rings (SSSR count). The highest BCUT2D eigenvalue weighted by Gasteiger charge is 2.16. The summed E-state index contributed by atoms with van der Waals surface area (Å²) in [5.41, 5.74) is 7.70. The second-order valence-electron chi connectivity index (χ2n) is 4.03. The molecule has 98 valence electrons. The second kappa shape index (κ2) is 5.87. The van der Waals surface area contributed by atoms with E-state index in [4.69, 9.17) is 10.8 Å². The van der Waals surface area contributed by atoms with Gasteiger partial charge < -0.3 is 10.8 Å². The minimum atomic E-state index is 0.0643. The first-order chi connectivity index (χ1) is 9.17. The van der Waals surface area contributed by atoms with Crippen molar-refractivity contribution < 1.29 is 5.11 Å². The molecule has 0 amide bonds. The maximum atomic E-state index is 9.21. The van der Waals surface area contributed by atoms with Crippen LogP contribution in [0, 0.1) is 11.3 Å². The number of benzene rings is 1. The van der Waals surface area contributed by atoms with Crippen LogP contribution in [0.4, 0.5) is 5.82 Å². The minimum absolute atomic E-state index is 0.0643. The van der Waals surface area contributed by atoms with Crippen LogP contribution in [-0.2, 0) is 6.54 Å². The predicted molar refractivity (Wildman–Crippen MR) is 76.2 cm³/mol. The number of nitrogens with zero attached hydrogens (tertiary/aromatic N) is 3. The summed E-state index contributed by atoms with van der Waals surface area (Å²) in [7, 11) is 0. The Morgan fingerprint density at radius 3 is 2.63 bits per heavy atom. The van der Waals surface area contributed by atoms with E-state index < -0.39 is 0 Å². The van der Waals surface area contributed by atoms with Gasteiger partial charge in [0, 0.05) is 23.2 Å². The number of aliphatic hydroxyl groups excluding tert-OH is 1. The van der Waals surface area contributed by atoms with Crippen molar-refractivity contribution in [2.45, 2.75) is 13.0 Å². The highest BCUT2D eigenvalue weighted by atomic mass is 79.9. The van der Waals surface area contributed by atoms with E-state index in [-0.39, 0.29) is 6.61 Å². The zero-order chi connectivity index (χ0) is 13.8. The third-order valence-electron chi connectivity index (χ3n) is 2.75. The van der Waals surface area contributed by atoms with Crippen molar-refractivity contribution in [1.82, 2.24) is 9.78 Å². The summed E-state index contributed by atoms with van der Waals surface area (Å²) < 4.78 is 2.52. The first-order valence-corrected chi connectivity index (χ1v) is 6.60. The lowest BCUT2D eigenvalue weighted by atomic mass is 10.1. The van der Waals surface area contributed by atoms with Crippen molar-refractivity contribution in [1.29, 1.82) is 5.26 Å². The molecular formula is C13H13BrN4O. The molecule has 0 aliphatic rings. The van der Waals surface area contributed by atoms with Gasteiger partial charge in [0.1, 0.15) is 23.1 Å². The van der Waals surface area contributed by atoms with Gasteiger partial charge >= 0.3 is 0 Å². The van der Waals surface area contributed by atoms with E-state index in [2.05, 4.69) is 27.1 Å². The Hall–Kier alpha value is -1.84. The monoisotopic (exact) mass is 320 g/mol. The number of nitrogen functional groups attached to an aromatic ring is 1. The van der Waals surface area contributed by atoms with Crippen LogP contribution in [0.25, 0.3) is 11.3 Å². The highest BCUT2D eigenvalue weighted by molar-refractivity contribution is 9.10. The van der Waals surface area contributed by atoms with E-state index in [0.29, 0.717) is 30.0 Å². The standard InChI is InChI=1S/C13H13BrN4O/c14-10-4-2-9(3-5-10)12-11(8-15)13(16)18(17-12)6-1-7-19/h2-5,19H,1,6-7,16H2. The van der Waals surface area contributed by atoms with Gasteiger partial charge in [0.25, 0.3) is 0 Å². The first kappa shape index (κ1) is 13.6. The molecule has 0 unspecified atom stereocenters. The summed E-state index contributed by atoms with van der Waals surface area (Å²) in [5, 5.41) is 22.4. The largest absolute Gasteiger partial charge is 0.396 e. The van der Waals surface area contributed by atoms with Crippen LogP contribution >= 0.6 is 15.9 Å². The normalized spacial score (nSPS) is 10.4. The number of nitriles is 1. The zero-order valence-corrected chi connectivity index (χ0v) is 11.8. The molecule has 2 aromatic rings. The number of hydrogen-bond acceptors (Lipinski definition) is 4. The number of rotatable bonds is 4. The first-order valence-electron chi connectivity index (χ1n) is 5.80. The molecule has 0 saturated heterocycles. The van der Waals surface area contributed by atoms with Gasteiger partial charge in [-0.25, -0.2) is 4.68 Å². The summed E-state index contributed by atoms with van der Waals surface area (Å²) in [5.74, 6) is 0.342. The quantitative estimate of drug-likeness (QED) is 0.903. The van der Waals surface area contributed by atoms with Crippen LogP contribution in [0.3, 0.4) is 0 Å². The molecule has 1 aromatic carbocycles. The Kier molecular flexibility index (Phi) is 4.20. The van der Waals surface area contributed by atoms with Gasteiger partial charge in [-0.15, -0.1) is 0 Å². The minimum Gasteiger partial charge on any atom is -0.396 e. The van der Waals surface area contributed by atoms with Crippen LogP contribution in [0.1, 0.15) is 12.0 Å². The van der Waals surface area contributed by atoms with Gasteiger partial charge in [-0.05, 0) is 18.6 Å². The van der Waals surface area contributed by atoms with Crippen molar-refractivity contribution in [3.8, 4) is 17.3 Å². The summed E-state index contributed by atoms with van der Waals surface area (Å²) in [4.78, 5) is 0. The number of nitrogens with two attached hydrogens (primary N) is 1. The van der Waals surface area contributed by atoms with Crippen LogP contribution < -0.4 is 5.73 Å².